The summed E-state index contributed by atoms with van der Waals surface area (Å²) in [6.07, 6.45) is 0.145. The number of carbonyl (C=O) groups excluding carboxylic acids is 1. The standard InChI is InChI=1S/C17H15N5O3S/c23-15(10-11-18-13-8-4-5-9-14(13)22(24)25)19-17-20-16(21-26-17)12-6-2-1-3-7-12/h1-9,18H,10-11H2,(H,19,20,21,23). The highest BCUT2D eigenvalue weighted by Crippen LogP contribution is 2.23. The number of benzene rings is 2. The first-order valence-electron chi connectivity index (χ1n) is 7.80. The number of hydrogen-bond donors (Lipinski definition) is 2. The second-order valence-electron chi connectivity index (χ2n) is 5.29. The second-order valence-corrected chi connectivity index (χ2v) is 6.04. The highest BCUT2D eigenvalue weighted by Gasteiger charge is 2.13. The average molecular weight is 369 g/mol. The van der Waals surface area contributed by atoms with E-state index >= 15 is 0 Å². The van der Waals surface area contributed by atoms with Crippen molar-refractivity contribution in [3.8, 4) is 11.4 Å². The van der Waals surface area contributed by atoms with Crippen molar-refractivity contribution in [3.63, 3.8) is 0 Å². The summed E-state index contributed by atoms with van der Waals surface area (Å²) in [5.74, 6) is 0.316. The molecule has 3 aromatic rings. The van der Waals surface area contributed by atoms with Crippen molar-refractivity contribution in [3.05, 3.63) is 64.7 Å². The van der Waals surface area contributed by atoms with Gasteiger partial charge in [-0.1, -0.05) is 42.5 Å². The number of para-hydroxylation sites is 2. The van der Waals surface area contributed by atoms with Crippen molar-refractivity contribution >= 4 is 33.9 Å². The number of rotatable bonds is 7. The molecular formula is C17H15N5O3S. The van der Waals surface area contributed by atoms with Gasteiger partial charge in [-0.3, -0.25) is 14.9 Å². The van der Waals surface area contributed by atoms with Gasteiger partial charge in [0.1, 0.15) is 5.69 Å². The van der Waals surface area contributed by atoms with Crippen LogP contribution in [0.5, 0.6) is 0 Å². The zero-order chi connectivity index (χ0) is 18.4. The van der Waals surface area contributed by atoms with Crippen LogP contribution in [0.2, 0.25) is 0 Å². The van der Waals surface area contributed by atoms with Gasteiger partial charge in [-0.05, 0) is 6.07 Å². The number of nitrogens with one attached hydrogen (secondary N) is 2. The van der Waals surface area contributed by atoms with E-state index in [2.05, 4.69) is 20.0 Å². The van der Waals surface area contributed by atoms with Crippen molar-refractivity contribution in [2.75, 3.05) is 17.2 Å². The van der Waals surface area contributed by atoms with Gasteiger partial charge in [0.15, 0.2) is 5.82 Å². The Morgan fingerprint density at radius 1 is 1.12 bits per heavy atom. The van der Waals surface area contributed by atoms with E-state index in [0.29, 0.717) is 16.6 Å². The topological polar surface area (TPSA) is 110 Å². The first-order chi connectivity index (χ1) is 12.6. The number of amides is 1. The van der Waals surface area contributed by atoms with Gasteiger partial charge >= 0.3 is 0 Å². The third-order valence-corrected chi connectivity index (χ3v) is 4.10. The van der Waals surface area contributed by atoms with E-state index in [9.17, 15) is 14.9 Å². The normalized spacial score (nSPS) is 10.3. The quantitative estimate of drug-likeness (QED) is 0.487. The molecule has 132 valence electrons. The number of anilines is 2. The van der Waals surface area contributed by atoms with Crippen LogP contribution in [0.4, 0.5) is 16.5 Å². The minimum atomic E-state index is -0.464. The number of nitro groups is 1. The van der Waals surface area contributed by atoms with Gasteiger partial charge in [-0.25, -0.2) is 0 Å². The summed E-state index contributed by atoms with van der Waals surface area (Å²) < 4.78 is 4.22. The summed E-state index contributed by atoms with van der Waals surface area (Å²) in [4.78, 5) is 26.8. The summed E-state index contributed by atoms with van der Waals surface area (Å²) in [5, 5.41) is 17.0. The van der Waals surface area contributed by atoms with Gasteiger partial charge in [0.05, 0.1) is 4.92 Å². The van der Waals surface area contributed by atoms with Crippen molar-refractivity contribution in [1.82, 2.24) is 9.36 Å². The van der Waals surface area contributed by atoms with Crippen LogP contribution in [-0.2, 0) is 4.79 Å². The summed E-state index contributed by atoms with van der Waals surface area (Å²) >= 11 is 1.11. The highest BCUT2D eigenvalue weighted by atomic mass is 32.1. The lowest BCUT2D eigenvalue weighted by Crippen LogP contribution is -2.16. The Kier molecular flexibility index (Phi) is 5.49. The number of aromatic nitrogens is 2. The molecule has 0 fully saturated rings. The molecule has 0 spiro atoms. The minimum Gasteiger partial charge on any atom is -0.379 e. The van der Waals surface area contributed by atoms with Gasteiger partial charge in [-0.2, -0.15) is 9.36 Å². The molecular weight excluding hydrogens is 354 g/mol. The van der Waals surface area contributed by atoms with Crippen molar-refractivity contribution in [2.45, 2.75) is 6.42 Å². The number of nitro benzene ring substituents is 1. The summed E-state index contributed by atoms with van der Waals surface area (Å²) in [6, 6.07) is 15.8. The molecule has 3 rings (SSSR count). The maximum absolute atomic E-state index is 12.0. The molecule has 0 bridgehead atoms. The Labute approximate surface area is 153 Å². The van der Waals surface area contributed by atoms with Gasteiger partial charge in [0.25, 0.3) is 5.69 Å². The van der Waals surface area contributed by atoms with E-state index in [-0.39, 0.29) is 24.6 Å². The van der Waals surface area contributed by atoms with Crippen LogP contribution in [0.25, 0.3) is 11.4 Å². The monoisotopic (exact) mass is 369 g/mol. The predicted octanol–water partition coefficient (Wildman–Crippen LogP) is 3.55. The molecule has 0 radical (unpaired) electrons. The van der Waals surface area contributed by atoms with Crippen molar-refractivity contribution in [2.24, 2.45) is 0 Å². The van der Waals surface area contributed by atoms with Crippen LogP contribution in [0.3, 0.4) is 0 Å². The summed E-state index contributed by atoms with van der Waals surface area (Å²) in [6.45, 7) is 0.265. The van der Waals surface area contributed by atoms with Crippen molar-refractivity contribution < 1.29 is 9.72 Å². The van der Waals surface area contributed by atoms with Gasteiger partial charge in [0, 0.05) is 36.1 Å². The molecule has 9 heteroatoms. The highest BCUT2D eigenvalue weighted by molar-refractivity contribution is 7.10. The molecule has 1 amide bonds. The maximum Gasteiger partial charge on any atom is 0.292 e. The smallest absolute Gasteiger partial charge is 0.292 e. The molecule has 2 N–H and O–H groups in total. The number of carbonyl (C=O) groups is 1. The Morgan fingerprint density at radius 3 is 2.62 bits per heavy atom. The largest absolute Gasteiger partial charge is 0.379 e. The molecule has 0 aliphatic rings. The van der Waals surface area contributed by atoms with Gasteiger partial charge < -0.3 is 10.6 Å². The van der Waals surface area contributed by atoms with Crippen LogP contribution in [-0.4, -0.2) is 26.7 Å². The maximum atomic E-state index is 12.0. The Morgan fingerprint density at radius 2 is 1.85 bits per heavy atom. The van der Waals surface area contributed by atoms with E-state index in [1.165, 1.54) is 6.07 Å². The van der Waals surface area contributed by atoms with Crippen molar-refractivity contribution in [1.29, 1.82) is 0 Å². The molecule has 0 saturated heterocycles. The first kappa shape index (κ1) is 17.5. The van der Waals surface area contributed by atoms with E-state index < -0.39 is 4.92 Å². The fraction of sp³-hybridized carbons (Fsp3) is 0.118. The SMILES string of the molecule is O=C(CCNc1ccccc1[N+](=O)[O-])Nc1nc(-c2ccccc2)ns1. The lowest BCUT2D eigenvalue weighted by molar-refractivity contribution is -0.384. The number of hydrogen-bond acceptors (Lipinski definition) is 7. The van der Waals surface area contributed by atoms with E-state index in [1.54, 1.807) is 18.2 Å². The van der Waals surface area contributed by atoms with Crippen LogP contribution in [0.1, 0.15) is 6.42 Å². The zero-order valence-corrected chi connectivity index (χ0v) is 14.4. The second kappa shape index (κ2) is 8.17. The van der Waals surface area contributed by atoms with Crippen LogP contribution in [0, 0.1) is 10.1 Å². The molecule has 8 nitrogen and oxygen atoms in total. The molecule has 26 heavy (non-hydrogen) atoms. The predicted molar refractivity (Wildman–Crippen MR) is 100 cm³/mol. The molecule has 0 unspecified atom stereocenters. The van der Waals surface area contributed by atoms with Gasteiger partial charge in [0.2, 0.25) is 11.0 Å². The zero-order valence-electron chi connectivity index (χ0n) is 13.6. The van der Waals surface area contributed by atoms with E-state index in [0.717, 1.165) is 17.1 Å². The summed E-state index contributed by atoms with van der Waals surface area (Å²) in [7, 11) is 0. The van der Waals surface area contributed by atoms with Crippen LogP contribution < -0.4 is 10.6 Å². The molecule has 2 aromatic carbocycles. The third kappa shape index (κ3) is 4.39. The number of nitrogens with zero attached hydrogens (tertiary/aromatic N) is 3. The molecule has 0 saturated carbocycles. The third-order valence-electron chi connectivity index (χ3n) is 3.47. The molecule has 0 aliphatic heterocycles. The van der Waals surface area contributed by atoms with Crippen LogP contribution >= 0.6 is 11.5 Å². The first-order valence-corrected chi connectivity index (χ1v) is 8.57. The van der Waals surface area contributed by atoms with Crippen LogP contribution in [0.15, 0.2) is 54.6 Å². The lowest BCUT2D eigenvalue weighted by atomic mass is 10.2. The molecule has 1 aromatic heterocycles. The molecule has 0 aliphatic carbocycles. The summed E-state index contributed by atoms with van der Waals surface area (Å²) in [5.41, 5.74) is 1.24. The Bertz CT molecular complexity index is 914. The lowest BCUT2D eigenvalue weighted by Gasteiger charge is -2.06. The van der Waals surface area contributed by atoms with E-state index in [1.807, 2.05) is 30.3 Å². The fourth-order valence-electron chi connectivity index (χ4n) is 2.25. The molecule has 0 atom stereocenters. The average Bonchev–Trinajstić information content (AvgIpc) is 3.11. The Balaban J connectivity index is 1.52. The fourth-order valence-corrected chi connectivity index (χ4v) is 2.86. The van der Waals surface area contributed by atoms with E-state index in [4.69, 9.17) is 0 Å². The Hall–Kier alpha value is -3.33. The minimum absolute atomic E-state index is 0.0236. The molecule has 1 heterocycles. The van der Waals surface area contributed by atoms with Gasteiger partial charge in [-0.15, -0.1) is 0 Å².